The molecule has 0 spiro atoms. The van der Waals surface area contributed by atoms with Crippen LogP contribution in [0.15, 0.2) is 18.2 Å². The minimum atomic E-state index is -1.61. The van der Waals surface area contributed by atoms with Crippen LogP contribution in [-0.2, 0) is 9.47 Å². The van der Waals surface area contributed by atoms with Gasteiger partial charge in [-0.2, -0.15) is 0 Å². The fraction of sp³-hybridized carbons (Fsp3) is 0.400. The van der Waals surface area contributed by atoms with E-state index in [2.05, 4.69) is 0 Å². The van der Waals surface area contributed by atoms with Gasteiger partial charge in [-0.05, 0) is 6.07 Å². The Kier molecular flexibility index (Phi) is 5.78. The molecule has 1 aromatic rings. The maximum absolute atomic E-state index is 9.14. The predicted molar refractivity (Wildman–Crippen MR) is 61.3 cm³/mol. The molecule has 0 unspecified atom stereocenters. The highest BCUT2D eigenvalue weighted by Gasteiger charge is 2.18. The van der Waals surface area contributed by atoms with Crippen molar-refractivity contribution in [3.63, 3.8) is 0 Å². The van der Waals surface area contributed by atoms with Gasteiger partial charge in [-0.15, -0.1) is 0 Å². The van der Waals surface area contributed by atoms with Crippen LogP contribution in [0.1, 0.15) is 0 Å². The average Bonchev–Trinajstić information content (AvgIpc) is 2.33. The molecule has 6 nitrogen and oxygen atoms in total. The Morgan fingerprint density at radius 2 is 1.71 bits per heavy atom. The van der Waals surface area contributed by atoms with Crippen molar-refractivity contribution in [1.29, 1.82) is 0 Å². The summed E-state index contributed by atoms with van der Waals surface area (Å²) >= 11 is 0. The zero-order valence-corrected chi connectivity index (χ0v) is 9.75. The van der Waals surface area contributed by atoms with Crippen LogP contribution in [0.2, 0.25) is 0 Å². The van der Waals surface area contributed by atoms with Gasteiger partial charge in [-0.1, -0.05) is 6.07 Å². The molecule has 0 aliphatic carbocycles. The topological polar surface area (TPSA) is 77.4 Å². The molecule has 0 saturated heterocycles. The van der Waals surface area contributed by atoms with Crippen molar-refractivity contribution >= 4 is 12.6 Å². The van der Waals surface area contributed by atoms with E-state index in [0.29, 0.717) is 5.75 Å². The van der Waals surface area contributed by atoms with Crippen LogP contribution >= 0.6 is 0 Å². The Hall–Kier alpha value is -1.28. The largest absolute Gasteiger partial charge is 0.492 e. The molecule has 0 fully saturated rings. The lowest BCUT2D eigenvalue weighted by molar-refractivity contribution is 0.0464. The van der Waals surface area contributed by atoms with E-state index in [0.717, 1.165) is 0 Å². The average molecular weight is 242 g/mol. The van der Waals surface area contributed by atoms with E-state index in [-0.39, 0.29) is 24.8 Å². The Bertz CT molecular complexity index is 344. The smallest absolute Gasteiger partial charge is 0.468 e. The molecule has 0 aliphatic heterocycles. The lowest BCUT2D eigenvalue weighted by Crippen LogP contribution is -2.31. The zero-order valence-electron chi connectivity index (χ0n) is 9.75. The molecule has 7 heteroatoms. The highest BCUT2D eigenvalue weighted by atomic mass is 16.7. The molecule has 0 atom stereocenters. The van der Waals surface area contributed by atoms with Crippen LogP contribution in [0.4, 0.5) is 0 Å². The summed E-state index contributed by atoms with van der Waals surface area (Å²) in [6.45, 7) is 0.109. The molecule has 0 aromatic heterocycles. The van der Waals surface area contributed by atoms with Crippen molar-refractivity contribution in [3.8, 4) is 11.5 Å². The molecule has 1 aromatic carbocycles. The molecule has 0 heterocycles. The Labute approximate surface area is 99.8 Å². The monoisotopic (exact) mass is 242 g/mol. The van der Waals surface area contributed by atoms with Crippen molar-refractivity contribution in [2.45, 2.75) is 0 Å². The summed E-state index contributed by atoms with van der Waals surface area (Å²) in [4.78, 5) is 0. The lowest BCUT2D eigenvalue weighted by atomic mass is 9.79. The molecule has 0 saturated carbocycles. The van der Waals surface area contributed by atoms with Crippen LogP contribution < -0.4 is 14.9 Å². The standard InChI is InChI=1S/C10H15BO6/c1-14-6-16-8-3-4-9(11(12)13)10(5-8)17-7-15-2/h3-5,12-13H,6-7H2,1-2H3. The van der Waals surface area contributed by atoms with Crippen molar-refractivity contribution in [2.75, 3.05) is 27.8 Å². The molecule has 2 N–H and O–H groups in total. The van der Waals surface area contributed by atoms with E-state index in [4.69, 9.17) is 29.0 Å². The van der Waals surface area contributed by atoms with Crippen molar-refractivity contribution in [2.24, 2.45) is 0 Å². The molecule has 0 amide bonds. The first kappa shape index (κ1) is 13.8. The highest BCUT2D eigenvalue weighted by molar-refractivity contribution is 6.59. The first-order chi connectivity index (χ1) is 8.19. The van der Waals surface area contributed by atoms with Gasteiger partial charge in [-0.25, -0.2) is 0 Å². The van der Waals surface area contributed by atoms with Gasteiger partial charge in [-0.3, -0.25) is 0 Å². The predicted octanol–water partition coefficient (Wildman–Crippen LogP) is -0.668. The summed E-state index contributed by atoms with van der Waals surface area (Å²) in [7, 11) is 1.37. The fourth-order valence-corrected chi connectivity index (χ4v) is 1.19. The van der Waals surface area contributed by atoms with E-state index in [1.807, 2.05) is 0 Å². The van der Waals surface area contributed by atoms with E-state index in [1.54, 1.807) is 6.07 Å². The van der Waals surface area contributed by atoms with Gasteiger partial charge >= 0.3 is 7.12 Å². The van der Waals surface area contributed by atoms with Crippen molar-refractivity contribution < 1.29 is 29.0 Å². The minimum Gasteiger partial charge on any atom is -0.468 e. The quantitative estimate of drug-likeness (QED) is 0.487. The maximum Gasteiger partial charge on any atom is 0.492 e. The number of hydrogen-bond donors (Lipinski definition) is 2. The van der Waals surface area contributed by atoms with Crippen LogP contribution in [0.25, 0.3) is 0 Å². The number of methoxy groups -OCH3 is 2. The molecule has 0 aliphatic rings. The Morgan fingerprint density at radius 1 is 1.06 bits per heavy atom. The van der Waals surface area contributed by atoms with Gasteiger partial charge in [0.15, 0.2) is 13.6 Å². The van der Waals surface area contributed by atoms with Crippen LogP contribution in [0.3, 0.4) is 0 Å². The maximum atomic E-state index is 9.14. The molecule has 94 valence electrons. The van der Waals surface area contributed by atoms with Crippen LogP contribution in [-0.4, -0.2) is 45.0 Å². The second-order valence-corrected chi connectivity index (χ2v) is 3.18. The summed E-state index contributed by atoms with van der Waals surface area (Å²) < 4.78 is 19.9. The third-order valence-corrected chi connectivity index (χ3v) is 1.94. The first-order valence-electron chi connectivity index (χ1n) is 4.92. The molecule has 0 bridgehead atoms. The van der Waals surface area contributed by atoms with Crippen molar-refractivity contribution in [1.82, 2.24) is 0 Å². The van der Waals surface area contributed by atoms with Crippen molar-refractivity contribution in [3.05, 3.63) is 18.2 Å². The van der Waals surface area contributed by atoms with E-state index in [1.165, 1.54) is 26.4 Å². The lowest BCUT2D eigenvalue weighted by Gasteiger charge is -2.12. The Balaban J connectivity index is 2.84. The molecular formula is C10H15BO6. The molecule has 0 radical (unpaired) electrons. The number of benzene rings is 1. The van der Waals surface area contributed by atoms with Gasteiger partial charge in [0.25, 0.3) is 0 Å². The van der Waals surface area contributed by atoms with E-state index < -0.39 is 7.12 Å². The van der Waals surface area contributed by atoms with Gasteiger partial charge in [0.05, 0.1) is 0 Å². The molecular weight excluding hydrogens is 227 g/mol. The molecule has 17 heavy (non-hydrogen) atoms. The molecule has 1 rings (SSSR count). The first-order valence-corrected chi connectivity index (χ1v) is 4.92. The summed E-state index contributed by atoms with van der Waals surface area (Å²) in [5, 5.41) is 18.3. The van der Waals surface area contributed by atoms with Gasteiger partial charge in [0.2, 0.25) is 0 Å². The SMILES string of the molecule is COCOc1ccc(B(O)O)c(OCOC)c1. The van der Waals surface area contributed by atoms with Crippen LogP contribution in [0, 0.1) is 0 Å². The number of hydrogen-bond acceptors (Lipinski definition) is 6. The minimum absolute atomic E-state index is 0.00739. The normalized spacial score (nSPS) is 10.1. The highest BCUT2D eigenvalue weighted by Crippen LogP contribution is 2.18. The fourth-order valence-electron chi connectivity index (χ4n) is 1.19. The third-order valence-electron chi connectivity index (χ3n) is 1.94. The zero-order chi connectivity index (χ0) is 12.7. The summed E-state index contributed by atoms with van der Waals surface area (Å²) in [5.74, 6) is 0.790. The Morgan fingerprint density at radius 3 is 2.29 bits per heavy atom. The van der Waals surface area contributed by atoms with E-state index in [9.17, 15) is 0 Å². The number of ether oxygens (including phenoxy) is 4. The van der Waals surface area contributed by atoms with Crippen LogP contribution in [0.5, 0.6) is 11.5 Å². The van der Waals surface area contributed by atoms with Gasteiger partial charge in [0, 0.05) is 25.7 Å². The van der Waals surface area contributed by atoms with E-state index >= 15 is 0 Å². The number of rotatable bonds is 7. The summed E-state index contributed by atoms with van der Waals surface area (Å²) in [6.07, 6.45) is 0. The van der Waals surface area contributed by atoms with Gasteiger partial charge < -0.3 is 29.0 Å². The summed E-state index contributed by atoms with van der Waals surface area (Å²) in [6, 6.07) is 4.63. The summed E-state index contributed by atoms with van der Waals surface area (Å²) in [5.41, 5.74) is 0.242. The third kappa shape index (κ3) is 4.24. The van der Waals surface area contributed by atoms with Gasteiger partial charge in [0.1, 0.15) is 11.5 Å². The second kappa shape index (κ2) is 7.13. The second-order valence-electron chi connectivity index (χ2n) is 3.18.